The van der Waals surface area contributed by atoms with E-state index < -0.39 is 0 Å². The molecule has 32 heavy (non-hydrogen) atoms. The van der Waals surface area contributed by atoms with Crippen molar-refractivity contribution in [2.45, 2.75) is 38.9 Å². The van der Waals surface area contributed by atoms with Crippen LogP contribution in [0.1, 0.15) is 39.2 Å². The predicted octanol–water partition coefficient (Wildman–Crippen LogP) is 3.06. The Hall–Kier alpha value is -2.71. The van der Waals surface area contributed by atoms with Crippen molar-refractivity contribution in [1.29, 1.82) is 5.41 Å². The minimum Gasteiger partial charge on any atom is -0.475 e. The van der Waals surface area contributed by atoms with Gasteiger partial charge in [0.25, 0.3) is 0 Å². The molecular weight excluding hydrogens is 404 g/mol. The first-order chi connectivity index (χ1) is 15.4. The Balaban J connectivity index is 0.00000306. The van der Waals surface area contributed by atoms with Crippen molar-refractivity contribution in [3.8, 4) is 5.88 Å². The van der Waals surface area contributed by atoms with Gasteiger partial charge in [-0.15, -0.1) is 0 Å². The third-order valence-electron chi connectivity index (χ3n) is 6.31. The van der Waals surface area contributed by atoms with Gasteiger partial charge >= 0.3 is 0 Å². The second-order valence-electron chi connectivity index (χ2n) is 9.04. The lowest BCUT2D eigenvalue weighted by Gasteiger charge is -2.41. The molecule has 174 valence electrons. The number of methoxy groups -OCH3 is 1. The zero-order chi connectivity index (χ0) is 22.7. The van der Waals surface area contributed by atoms with Gasteiger partial charge in [0.05, 0.1) is 29.8 Å². The van der Waals surface area contributed by atoms with E-state index in [0.29, 0.717) is 28.9 Å². The zero-order valence-electron chi connectivity index (χ0n) is 19.3. The van der Waals surface area contributed by atoms with Crippen LogP contribution in [0.3, 0.4) is 0 Å². The SMILES string of the molecule is COC1CC(CN2CCN(c3cc(C(=N)c4cc(OC(C)C)ncc4N)ccn3)CC2)C1.[HH]. The minimum absolute atomic E-state index is 0. The van der Waals surface area contributed by atoms with E-state index in [2.05, 4.69) is 19.8 Å². The molecule has 1 aliphatic carbocycles. The highest BCUT2D eigenvalue weighted by atomic mass is 16.5. The molecular formula is C24H36N6O2. The van der Waals surface area contributed by atoms with E-state index in [-0.39, 0.29) is 7.53 Å². The number of ether oxygens (including phenoxy) is 2. The average Bonchev–Trinajstić information content (AvgIpc) is 2.77. The Kier molecular flexibility index (Phi) is 6.91. The summed E-state index contributed by atoms with van der Waals surface area (Å²) in [6, 6.07) is 5.58. The van der Waals surface area contributed by atoms with E-state index in [0.717, 1.165) is 50.0 Å². The van der Waals surface area contributed by atoms with Gasteiger partial charge in [-0.25, -0.2) is 9.97 Å². The second kappa shape index (κ2) is 9.83. The van der Waals surface area contributed by atoms with Crippen molar-refractivity contribution < 1.29 is 10.9 Å². The van der Waals surface area contributed by atoms with Crippen molar-refractivity contribution in [2.24, 2.45) is 5.92 Å². The van der Waals surface area contributed by atoms with Gasteiger partial charge in [-0.2, -0.15) is 0 Å². The monoisotopic (exact) mass is 440 g/mol. The third kappa shape index (κ3) is 5.19. The summed E-state index contributed by atoms with van der Waals surface area (Å²) in [7, 11) is 1.81. The van der Waals surface area contributed by atoms with Crippen LogP contribution in [0.5, 0.6) is 5.88 Å². The normalized spacial score (nSPS) is 21.4. The highest BCUT2D eigenvalue weighted by Gasteiger charge is 2.31. The van der Waals surface area contributed by atoms with Crippen LogP contribution in [0.2, 0.25) is 0 Å². The van der Waals surface area contributed by atoms with Crippen molar-refractivity contribution in [3.63, 3.8) is 0 Å². The lowest BCUT2D eigenvalue weighted by Crippen LogP contribution is -2.50. The molecule has 0 amide bonds. The molecule has 2 aliphatic rings. The molecule has 0 unspecified atom stereocenters. The summed E-state index contributed by atoms with van der Waals surface area (Å²) in [6.07, 6.45) is 6.17. The quantitative estimate of drug-likeness (QED) is 0.609. The van der Waals surface area contributed by atoms with Crippen LogP contribution in [-0.4, -0.2) is 72.6 Å². The van der Waals surface area contributed by atoms with Crippen LogP contribution >= 0.6 is 0 Å². The van der Waals surface area contributed by atoms with Crippen molar-refractivity contribution in [3.05, 3.63) is 41.7 Å². The lowest BCUT2D eigenvalue weighted by atomic mass is 9.82. The molecule has 2 fully saturated rings. The number of pyridine rings is 2. The number of hydrogen-bond acceptors (Lipinski definition) is 8. The highest BCUT2D eigenvalue weighted by molar-refractivity contribution is 6.14. The van der Waals surface area contributed by atoms with Gasteiger partial charge in [0.1, 0.15) is 5.82 Å². The maximum atomic E-state index is 8.74. The first-order valence-corrected chi connectivity index (χ1v) is 11.4. The van der Waals surface area contributed by atoms with Gasteiger partial charge < -0.3 is 20.1 Å². The third-order valence-corrected chi connectivity index (χ3v) is 6.31. The molecule has 8 heteroatoms. The largest absolute Gasteiger partial charge is 0.475 e. The topological polar surface area (TPSA) is 101 Å². The van der Waals surface area contributed by atoms with E-state index in [9.17, 15) is 0 Å². The van der Waals surface area contributed by atoms with Gasteiger partial charge in [-0.1, -0.05) is 0 Å². The summed E-state index contributed by atoms with van der Waals surface area (Å²) in [5, 5.41) is 8.74. The number of aromatic nitrogens is 2. The van der Waals surface area contributed by atoms with Crippen LogP contribution in [-0.2, 0) is 4.74 Å². The van der Waals surface area contributed by atoms with Crippen LogP contribution in [0.4, 0.5) is 11.5 Å². The molecule has 0 spiro atoms. The summed E-state index contributed by atoms with van der Waals surface area (Å²) in [6.45, 7) is 8.99. The summed E-state index contributed by atoms with van der Waals surface area (Å²) < 4.78 is 11.1. The van der Waals surface area contributed by atoms with Gasteiger partial charge in [-0.05, 0) is 44.7 Å². The van der Waals surface area contributed by atoms with Crippen LogP contribution in [0.25, 0.3) is 0 Å². The first kappa shape index (κ1) is 22.5. The standard InChI is InChI=1S/C24H34N6O2.H2/c1-16(2)32-23-13-20(21(25)14-28-23)24(26)18-4-5-27-22(12-18)30-8-6-29(7-9-30)15-17-10-19(11-17)31-3;/h4-5,12-14,16-17,19,26H,6-11,15,25H2,1-3H3;1H. The molecule has 0 bridgehead atoms. The van der Waals surface area contributed by atoms with Crippen LogP contribution in [0.15, 0.2) is 30.6 Å². The number of nitrogens with one attached hydrogen (secondary N) is 1. The molecule has 1 saturated heterocycles. The molecule has 0 aromatic carbocycles. The molecule has 1 aliphatic heterocycles. The highest BCUT2D eigenvalue weighted by Crippen LogP contribution is 2.30. The van der Waals surface area contributed by atoms with Gasteiger partial charge in [-0.3, -0.25) is 10.3 Å². The number of nitrogens with zero attached hydrogens (tertiary/aromatic N) is 4. The Morgan fingerprint density at radius 3 is 2.66 bits per heavy atom. The molecule has 0 radical (unpaired) electrons. The molecule has 0 atom stereocenters. The zero-order valence-corrected chi connectivity index (χ0v) is 19.3. The number of nitrogen functional groups attached to an aromatic ring is 1. The van der Waals surface area contributed by atoms with E-state index in [1.54, 1.807) is 18.5 Å². The van der Waals surface area contributed by atoms with E-state index in [1.807, 2.05) is 33.1 Å². The van der Waals surface area contributed by atoms with E-state index in [4.69, 9.17) is 20.6 Å². The fraction of sp³-hybridized carbons (Fsp3) is 0.542. The molecule has 2 aromatic heterocycles. The number of nitrogens with two attached hydrogens (primary N) is 1. The van der Waals surface area contributed by atoms with Crippen LogP contribution in [0, 0.1) is 11.3 Å². The number of anilines is 2. The summed E-state index contributed by atoms with van der Waals surface area (Å²) in [4.78, 5) is 13.6. The van der Waals surface area contributed by atoms with Gasteiger partial charge in [0.15, 0.2) is 0 Å². The first-order valence-electron chi connectivity index (χ1n) is 11.4. The average molecular weight is 441 g/mol. The molecule has 3 heterocycles. The maximum absolute atomic E-state index is 8.74. The smallest absolute Gasteiger partial charge is 0.214 e. The Labute approximate surface area is 191 Å². The fourth-order valence-electron chi connectivity index (χ4n) is 4.41. The Bertz CT molecular complexity index is 942. The summed E-state index contributed by atoms with van der Waals surface area (Å²) in [5.41, 5.74) is 8.34. The van der Waals surface area contributed by atoms with E-state index >= 15 is 0 Å². The predicted molar refractivity (Wildman–Crippen MR) is 129 cm³/mol. The number of rotatable bonds is 8. The number of hydrogen-bond donors (Lipinski definition) is 2. The van der Waals surface area contributed by atoms with Gasteiger partial charge in [0.2, 0.25) is 5.88 Å². The molecule has 3 N–H and O–H groups in total. The van der Waals surface area contributed by atoms with Crippen LogP contribution < -0.4 is 15.4 Å². The molecule has 8 nitrogen and oxygen atoms in total. The van der Waals surface area contributed by atoms with E-state index in [1.165, 1.54) is 12.8 Å². The van der Waals surface area contributed by atoms with Gasteiger partial charge in [0, 0.05) is 64.7 Å². The Morgan fingerprint density at radius 1 is 1.22 bits per heavy atom. The lowest BCUT2D eigenvalue weighted by molar-refractivity contribution is -0.0113. The summed E-state index contributed by atoms with van der Waals surface area (Å²) in [5.74, 6) is 2.15. The maximum Gasteiger partial charge on any atom is 0.214 e. The molecule has 4 rings (SSSR count). The number of piperazine rings is 1. The van der Waals surface area contributed by atoms with Crippen molar-refractivity contribution in [1.82, 2.24) is 14.9 Å². The molecule has 2 aromatic rings. The Morgan fingerprint density at radius 2 is 1.97 bits per heavy atom. The minimum atomic E-state index is 0. The second-order valence-corrected chi connectivity index (χ2v) is 9.04. The fourth-order valence-corrected chi connectivity index (χ4v) is 4.41. The van der Waals surface area contributed by atoms with Crippen molar-refractivity contribution in [2.75, 3.05) is 50.5 Å². The summed E-state index contributed by atoms with van der Waals surface area (Å²) >= 11 is 0. The molecule has 1 saturated carbocycles. The van der Waals surface area contributed by atoms with Crippen molar-refractivity contribution >= 4 is 17.2 Å².